The first-order chi connectivity index (χ1) is 20.2. The second-order valence-corrected chi connectivity index (χ2v) is 10.5. The van der Waals surface area contributed by atoms with Crippen LogP contribution in [0.25, 0.3) is 0 Å². The molecular formula is C29H30ClF2N5O5. The van der Waals surface area contributed by atoms with Crippen molar-refractivity contribution in [3.63, 3.8) is 0 Å². The first kappa shape index (κ1) is 29.6. The van der Waals surface area contributed by atoms with E-state index < -0.39 is 41.8 Å². The number of nitrogens with zero attached hydrogens (tertiary/aromatic N) is 3. The van der Waals surface area contributed by atoms with Crippen molar-refractivity contribution in [1.82, 2.24) is 20.2 Å². The molecule has 3 heterocycles. The highest BCUT2D eigenvalue weighted by atomic mass is 35.5. The Labute approximate surface area is 246 Å². The van der Waals surface area contributed by atoms with Crippen LogP contribution in [0.5, 0.6) is 5.75 Å². The van der Waals surface area contributed by atoms with Crippen molar-refractivity contribution in [3.05, 3.63) is 81.6 Å². The summed E-state index contributed by atoms with van der Waals surface area (Å²) in [6.07, 6.45) is 2.94. The van der Waals surface area contributed by atoms with Crippen molar-refractivity contribution < 1.29 is 33.0 Å². The van der Waals surface area contributed by atoms with Crippen molar-refractivity contribution in [2.45, 2.75) is 43.9 Å². The molecule has 0 saturated carbocycles. The Morgan fingerprint density at radius 1 is 1.24 bits per heavy atom. The number of hydrogen-bond acceptors (Lipinski definition) is 8. The molecular weight excluding hydrogens is 572 g/mol. The lowest BCUT2D eigenvalue weighted by Crippen LogP contribution is -2.61. The Hall–Kier alpha value is -3.87. The van der Waals surface area contributed by atoms with Gasteiger partial charge in [-0.1, -0.05) is 18.5 Å². The molecule has 1 unspecified atom stereocenters. The smallest absolute Gasteiger partial charge is 0.260 e. The third-order valence-corrected chi connectivity index (χ3v) is 7.69. The standard InChI is InChI=1S/C29H30ClF2N5O5/c1-3-24(39)36-29(15-38,16-10-18(31)14-20(11-16)41-2)37-26(21-12-17(30)13-22(32)25(21)27(37)40)23-4-7-33-28(35-23)34-19-5-8-42-9-6-19/h4,7,10-14,19,26,38H,3,5-6,8-9,15H2,1-2H3,(H,36,39)(H,33,34,35)/t26?,29-/m1/s1. The summed E-state index contributed by atoms with van der Waals surface area (Å²) >= 11 is 6.26. The lowest BCUT2D eigenvalue weighted by Gasteiger charge is -2.44. The number of rotatable bonds is 9. The molecule has 1 fully saturated rings. The van der Waals surface area contributed by atoms with Crippen LogP contribution in [0.3, 0.4) is 0 Å². The number of fused-ring (bicyclic) bond motifs is 1. The Morgan fingerprint density at radius 2 is 2.00 bits per heavy atom. The minimum atomic E-state index is -2.07. The van der Waals surface area contributed by atoms with Gasteiger partial charge in [-0.3, -0.25) is 14.5 Å². The Bertz CT molecular complexity index is 1510. The summed E-state index contributed by atoms with van der Waals surface area (Å²) in [5.74, 6) is -2.72. The van der Waals surface area contributed by atoms with Crippen LogP contribution >= 0.6 is 11.6 Å². The lowest BCUT2D eigenvalue weighted by molar-refractivity contribution is -0.127. The minimum Gasteiger partial charge on any atom is -0.497 e. The predicted molar refractivity (Wildman–Crippen MR) is 149 cm³/mol. The summed E-state index contributed by atoms with van der Waals surface area (Å²) in [6.45, 7) is 1.86. The molecule has 0 aliphatic carbocycles. The zero-order valence-corrected chi connectivity index (χ0v) is 23.8. The molecule has 0 spiro atoms. The van der Waals surface area contributed by atoms with Crippen LogP contribution in [-0.4, -0.2) is 64.8 Å². The maximum absolute atomic E-state index is 15.4. The fourth-order valence-electron chi connectivity index (χ4n) is 5.43. The fourth-order valence-corrected chi connectivity index (χ4v) is 5.65. The lowest BCUT2D eigenvalue weighted by atomic mass is 9.94. The summed E-state index contributed by atoms with van der Waals surface area (Å²) in [4.78, 5) is 37.2. The highest BCUT2D eigenvalue weighted by Gasteiger charge is 2.53. The molecule has 222 valence electrons. The minimum absolute atomic E-state index is 0.00378. The van der Waals surface area contributed by atoms with Gasteiger partial charge in [-0.2, -0.15) is 0 Å². The van der Waals surface area contributed by atoms with E-state index in [0.29, 0.717) is 13.2 Å². The second kappa shape index (κ2) is 12.2. The molecule has 2 aliphatic rings. The highest BCUT2D eigenvalue weighted by Crippen LogP contribution is 2.47. The number of hydrogen-bond donors (Lipinski definition) is 3. The quantitative estimate of drug-likeness (QED) is 0.337. The molecule has 2 amide bonds. The van der Waals surface area contributed by atoms with Gasteiger partial charge >= 0.3 is 0 Å². The zero-order chi connectivity index (χ0) is 30.0. The van der Waals surface area contributed by atoms with Crippen LogP contribution in [-0.2, 0) is 15.2 Å². The monoisotopic (exact) mass is 601 g/mol. The first-order valence-corrected chi connectivity index (χ1v) is 13.8. The molecule has 2 atom stereocenters. The Kier molecular flexibility index (Phi) is 8.58. The van der Waals surface area contributed by atoms with Crippen LogP contribution in [0.4, 0.5) is 14.7 Å². The molecule has 0 radical (unpaired) electrons. The summed E-state index contributed by atoms with van der Waals surface area (Å²) in [5, 5.41) is 17.0. The number of ether oxygens (including phenoxy) is 2. The number of aliphatic hydroxyl groups is 1. The van der Waals surface area contributed by atoms with Crippen molar-refractivity contribution in [2.75, 3.05) is 32.2 Å². The zero-order valence-electron chi connectivity index (χ0n) is 23.0. The van der Waals surface area contributed by atoms with Gasteiger partial charge in [-0.05, 0) is 48.7 Å². The SMILES string of the molecule is CCC(=O)N[C@@](CO)(c1cc(F)cc(OC)c1)N1C(=O)c2c(F)cc(Cl)cc2C1c1ccnc(NC2CCOCC2)n1. The maximum Gasteiger partial charge on any atom is 0.260 e. The van der Waals surface area contributed by atoms with E-state index in [2.05, 4.69) is 20.6 Å². The molecule has 5 rings (SSSR count). The summed E-state index contributed by atoms with van der Waals surface area (Å²) in [6, 6.07) is 6.45. The van der Waals surface area contributed by atoms with E-state index in [1.165, 1.54) is 25.4 Å². The molecule has 1 saturated heterocycles. The van der Waals surface area contributed by atoms with E-state index in [4.69, 9.17) is 21.1 Å². The Morgan fingerprint density at radius 3 is 2.69 bits per heavy atom. The number of benzene rings is 2. The van der Waals surface area contributed by atoms with Gasteiger partial charge in [0.25, 0.3) is 5.91 Å². The van der Waals surface area contributed by atoms with E-state index in [1.54, 1.807) is 13.0 Å². The van der Waals surface area contributed by atoms with Crippen molar-refractivity contribution in [3.8, 4) is 5.75 Å². The van der Waals surface area contributed by atoms with Crippen molar-refractivity contribution in [1.29, 1.82) is 0 Å². The number of nitrogens with one attached hydrogen (secondary N) is 2. The molecule has 2 aromatic carbocycles. The number of aromatic nitrogens is 2. The normalized spacial score (nSPS) is 18.4. The third-order valence-electron chi connectivity index (χ3n) is 7.47. The van der Waals surface area contributed by atoms with Gasteiger partial charge in [-0.15, -0.1) is 0 Å². The van der Waals surface area contributed by atoms with Crippen LogP contribution in [0, 0.1) is 11.6 Å². The Balaban J connectivity index is 1.72. The largest absolute Gasteiger partial charge is 0.497 e. The molecule has 10 nitrogen and oxygen atoms in total. The number of aliphatic hydroxyl groups excluding tert-OH is 1. The molecule has 2 aliphatic heterocycles. The van der Waals surface area contributed by atoms with Gasteiger partial charge in [-0.25, -0.2) is 18.7 Å². The van der Waals surface area contributed by atoms with Gasteiger partial charge in [0, 0.05) is 48.5 Å². The second-order valence-electron chi connectivity index (χ2n) is 10.1. The topological polar surface area (TPSA) is 126 Å². The van der Waals surface area contributed by atoms with Gasteiger partial charge in [0.05, 0.1) is 25.0 Å². The van der Waals surface area contributed by atoms with Gasteiger partial charge in [0.2, 0.25) is 11.9 Å². The van der Waals surface area contributed by atoms with Gasteiger partial charge in [0.15, 0.2) is 5.66 Å². The van der Waals surface area contributed by atoms with E-state index in [9.17, 15) is 19.1 Å². The van der Waals surface area contributed by atoms with E-state index in [-0.39, 0.29) is 51.6 Å². The molecule has 13 heteroatoms. The summed E-state index contributed by atoms with van der Waals surface area (Å²) in [5.41, 5.74) is -1.97. The molecule has 0 bridgehead atoms. The van der Waals surface area contributed by atoms with Crippen molar-refractivity contribution in [2.24, 2.45) is 0 Å². The van der Waals surface area contributed by atoms with Crippen molar-refractivity contribution >= 4 is 29.4 Å². The van der Waals surface area contributed by atoms with E-state index in [0.717, 1.165) is 35.9 Å². The number of anilines is 1. The average molecular weight is 602 g/mol. The van der Waals surface area contributed by atoms with E-state index >= 15 is 4.39 Å². The van der Waals surface area contributed by atoms with Crippen LogP contribution in [0.2, 0.25) is 5.02 Å². The van der Waals surface area contributed by atoms with E-state index in [1.807, 2.05) is 0 Å². The molecule has 42 heavy (non-hydrogen) atoms. The first-order valence-electron chi connectivity index (χ1n) is 13.5. The number of carbonyl (C=O) groups excluding carboxylic acids is 2. The maximum atomic E-state index is 15.4. The molecule has 1 aromatic heterocycles. The number of amides is 2. The van der Waals surface area contributed by atoms with Crippen LogP contribution in [0.1, 0.15) is 59.4 Å². The number of halogens is 3. The highest BCUT2D eigenvalue weighted by molar-refractivity contribution is 6.30. The third kappa shape index (κ3) is 5.49. The predicted octanol–water partition coefficient (Wildman–Crippen LogP) is 3.92. The summed E-state index contributed by atoms with van der Waals surface area (Å²) in [7, 11) is 1.33. The number of carbonyl (C=O) groups is 2. The average Bonchev–Trinajstić information content (AvgIpc) is 3.28. The number of methoxy groups -OCH3 is 1. The van der Waals surface area contributed by atoms with Crippen LogP contribution < -0.4 is 15.4 Å². The summed E-state index contributed by atoms with van der Waals surface area (Å²) < 4.78 is 41.0. The molecule has 3 N–H and O–H groups in total. The van der Waals surface area contributed by atoms with Crippen LogP contribution in [0.15, 0.2) is 42.6 Å². The fraction of sp³-hybridized carbons (Fsp3) is 0.379. The van der Waals surface area contributed by atoms with Gasteiger partial charge < -0.3 is 25.2 Å². The molecule has 3 aromatic rings. The van der Waals surface area contributed by atoms with Gasteiger partial charge in [0.1, 0.15) is 23.4 Å².